The zero-order valence-corrected chi connectivity index (χ0v) is 12.0. The molecular formula is C16H25N3. The number of hydrogen-bond donors (Lipinski definition) is 1. The van der Waals surface area contributed by atoms with Crippen molar-refractivity contribution >= 4 is 0 Å². The van der Waals surface area contributed by atoms with Crippen LogP contribution in [-0.2, 0) is 6.54 Å². The van der Waals surface area contributed by atoms with Gasteiger partial charge in [0.05, 0.1) is 5.69 Å². The van der Waals surface area contributed by atoms with Crippen LogP contribution in [0.1, 0.15) is 32.4 Å². The van der Waals surface area contributed by atoms with E-state index in [1.807, 2.05) is 12.3 Å². The average Bonchev–Trinajstić information content (AvgIpc) is 3.24. The van der Waals surface area contributed by atoms with E-state index in [9.17, 15) is 0 Å². The molecule has 2 aliphatic rings. The molecular weight excluding hydrogens is 234 g/mol. The standard InChI is InChI=1S/C16H25N3/c1-12(2)16-9-18-15(13-6-7-13)11-19(16)10-14-5-3-4-8-17-14/h3-5,8,12-13,15-16,18H,6-7,9-11H2,1-2H3. The highest BCUT2D eigenvalue weighted by molar-refractivity contribution is 5.05. The Balaban J connectivity index is 1.69. The highest BCUT2D eigenvalue weighted by atomic mass is 15.2. The van der Waals surface area contributed by atoms with Crippen LogP contribution in [0, 0.1) is 11.8 Å². The number of pyridine rings is 1. The molecule has 19 heavy (non-hydrogen) atoms. The first kappa shape index (κ1) is 13.1. The summed E-state index contributed by atoms with van der Waals surface area (Å²) in [5.74, 6) is 1.62. The van der Waals surface area contributed by atoms with Crippen molar-refractivity contribution in [3.8, 4) is 0 Å². The van der Waals surface area contributed by atoms with Crippen LogP contribution in [0.15, 0.2) is 24.4 Å². The monoisotopic (exact) mass is 259 g/mol. The van der Waals surface area contributed by atoms with Crippen LogP contribution >= 0.6 is 0 Å². The molecule has 1 aliphatic heterocycles. The SMILES string of the molecule is CC(C)C1CNC(C2CC2)CN1Cc1ccccn1. The Hall–Kier alpha value is -0.930. The van der Waals surface area contributed by atoms with Crippen molar-refractivity contribution in [3.63, 3.8) is 0 Å². The van der Waals surface area contributed by atoms with Crippen LogP contribution < -0.4 is 5.32 Å². The summed E-state index contributed by atoms with van der Waals surface area (Å²) in [5, 5.41) is 3.77. The second-order valence-corrected chi connectivity index (χ2v) is 6.41. The zero-order valence-electron chi connectivity index (χ0n) is 12.0. The third-order valence-electron chi connectivity index (χ3n) is 4.54. The van der Waals surface area contributed by atoms with E-state index >= 15 is 0 Å². The molecule has 1 saturated heterocycles. The van der Waals surface area contributed by atoms with Gasteiger partial charge in [0.15, 0.2) is 0 Å². The molecule has 3 nitrogen and oxygen atoms in total. The minimum atomic E-state index is 0.636. The van der Waals surface area contributed by atoms with Crippen molar-refractivity contribution in [2.45, 2.75) is 45.3 Å². The first-order chi connectivity index (χ1) is 9.24. The van der Waals surface area contributed by atoms with Crippen molar-refractivity contribution < 1.29 is 0 Å². The first-order valence-electron chi connectivity index (χ1n) is 7.61. The number of rotatable bonds is 4. The predicted octanol–water partition coefficient (Wildman–Crippen LogP) is 2.29. The Morgan fingerprint density at radius 1 is 1.37 bits per heavy atom. The molecule has 1 saturated carbocycles. The molecule has 1 aliphatic carbocycles. The highest BCUT2D eigenvalue weighted by Gasteiger charge is 2.37. The lowest BCUT2D eigenvalue weighted by Gasteiger charge is -2.42. The lowest BCUT2D eigenvalue weighted by molar-refractivity contribution is 0.0840. The van der Waals surface area contributed by atoms with Gasteiger partial charge in [0.2, 0.25) is 0 Å². The van der Waals surface area contributed by atoms with Crippen molar-refractivity contribution in [2.75, 3.05) is 13.1 Å². The molecule has 0 spiro atoms. The number of hydrogen-bond acceptors (Lipinski definition) is 3. The largest absolute Gasteiger partial charge is 0.311 e. The Kier molecular flexibility index (Phi) is 3.85. The van der Waals surface area contributed by atoms with Crippen LogP contribution in [0.4, 0.5) is 0 Å². The molecule has 1 aromatic rings. The molecule has 3 heteroatoms. The third kappa shape index (κ3) is 3.15. The summed E-state index contributed by atoms with van der Waals surface area (Å²) >= 11 is 0. The van der Waals surface area contributed by atoms with Gasteiger partial charge in [-0.2, -0.15) is 0 Å². The van der Waals surface area contributed by atoms with Crippen LogP contribution in [-0.4, -0.2) is 35.1 Å². The predicted molar refractivity (Wildman–Crippen MR) is 77.8 cm³/mol. The third-order valence-corrected chi connectivity index (χ3v) is 4.54. The summed E-state index contributed by atoms with van der Waals surface area (Å²) in [6.07, 6.45) is 4.74. The summed E-state index contributed by atoms with van der Waals surface area (Å²) in [5.41, 5.74) is 1.20. The Labute approximate surface area is 116 Å². The molecule has 2 fully saturated rings. The fourth-order valence-electron chi connectivity index (χ4n) is 3.21. The van der Waals surface area contributed by atoms with E-state index in [1.165, 1.54) is 25.1 Å². The number of nitrogens with zero attached hydrogens (tertiary/aromatic N) is 2. The van der Waals surface area contributed by atoms with Gasteiger partial charge in [-0.3, -0.25) is 9.88 Å². The van der Waals surface area contributed by atoms with Crippen molar-refractivity contribution in [2.24, 2.45) is 11.8 Å². The molecule has 1 N–H and O–H groups in total. The Morgan fingerprint density at radius 2 is 2.21 bits per heavy atom. The van der Waals surface area contributed by atoms with Crippen LogP contribution in [0.2, 0.25) is 0 Å². The minimum absolute atomic E-state index is 0.636. The molecule has 0 bridgehead atoms. The number of aromatic nitrogens is 1. The second-order valence-electron chi connectivity index (χ2n) is 6.41. The molecule has 0 amide bonds. The molecule has 2 heterocycles. The zero-order chi connectivity index (χ0) is 13.2. The molecule has 0 aromatic carbocycles. The maximum absolute atomic E-state index is 4.49. The molecule has 3 rings (SSSR count). The minimum Gasteiger partial charge on any atom is -0.311 e. The fourth-order valence-corrected chi connectivity index (χ4v) is 3.21. The average molecular weight is 259 g/mol. The summed E-state index contributed by atoms with van der Waals surface area (Å²) in [6.45, 7) is 7.97. The molecule has 1 aromatic heterocycles. The first-order valence-corrected chi connectivity index (χ1v) is 7.61. The topological polar surface area (TPSA) is 28.2 Å². The Morgan fingerprint density at radius 3 is 2.84 bits per heavy atom. The molecule has 0 radical (unpaired) electrons. The highest BCUT2D eigenvalue weighted by Crippen LogP contribution is 2.35. The normalized spacial score (nSPS) is 28.8. The van der Waals surface area contributed by atoms with Gasteiger partial charge in [0, 0.05) is 37.9 Å². The molecule has 104 valence electrons. The van der Waals surface area contributed by atoms with Gasteiger partial charge >= 0.3 is 0 Å². The summed E-state index contributed by atoms with van der Waals surface area (Å²) < 4.78 is 0. The smallest absolute Gasteiger partial charge is 0.0544 e. The van der Waals surface area contributed by atoms with Gasteiger partial charge in [0.1, 0.15) is 0 Å². The summed E-state index contributed by atoms with van der Waals surface area (Å²) in [7, 11) is 0. The van der Waals surface area contributed by atoms with Crippen LogP contribution in [0.5, 0.6) is 0 Å². The quantitative estimate of drug-likeness (QED) is 0.899. The van der Waals surface area contributed by atoms with Gasteiger partial charge in [0.25, 0.3) is 0 Å². The maximum Gasteiger partial charge on any atom is 0.0544 e. The van der Waals surface area contributed by atoms with Gasteiger partial charge in [-0.05, 0) is 36.8 Å². The van der Waals surface area contributed by atoms with Gasteiger partial charge in [-0.15, -0.1) is 0 Å². The van der Waals surface area contributed by atoms with E-state index in [-0.39, 0.29) is 0 Å². The maximum atomic E-state index is 4.49. The van der Waals surface area contributed by atoms with Crippen molar-refractivity contribution in [1.29, 1.82) is 0 Å². The summed E-state index contributed by atoms with van der Waals surface area (Å²) in [6, 6.07) is 7.57. The molecule has 2 unspecified atom stereocenters. The lowest BCUT2D eigenvalue weighted by atomic mass is 9.96. The van der Waals surface area contributed by atoms with E-state index in [1.54, 1.807) is 0 Å². The van der Waals surface area contributed by atoms with E-state index < -0.39 is 0 Å². The van der Waals surface area contributed by atoms with Gasteiger partial charge in [-0.1, -0.05) is 19.9 Å². The fraction of sp³-hybridized carbons (Fsp3) is 0.688. The van der Waals surface area contributed by atoms with Gasteiger partial charge < -0.3 is 5.32 Å². The molecule has 2 atom stereocenters. The van der Waals surface area contributed by atoms with E-state index in [0.717, 1.165) is 19.0 Å². The second kappa shape index (κ2) is 5.59. The van der Waals surface area contributed by atoms with E-state index in [2.05, 4.69) is 41.2 Å². The van der Waals surface area contributed by atoms with Crippen LogP contribution in [0.25, 0.3) is 0 Å². The van der Waals surface area contributed by atoms with Crippen molar-refractivity contribution in [3.05, 3.63) is 30.1 Å². The lowest BCUT2D eigenvalue weighted by Crippen LogP contribution is -2.58. The van der Waals surface area contributed by atoms with Gasteiger partial charge in [-0.25, -0.2) is 0 Å². The number of nitrogens with one attached hydrogen (secondary N) is 1. The number of piperazine rings is 1. The summed E-state index contributed by atoms with van der Waals surface area (Å²) in [4.78, 5) is 7.14. The van der Waals surface area contributed by atoms with E-state index in [0.29, 0.717) is 18.0 Å². The van der Waals surface area contributed by atoms with Crippen molar-refractivity contribution in [1.82, 2.24) is 15.2 Å². The van der Waals surface area contributed by atoms with E-state index in [4.69, 9.17) is 0 Å². The Bertz CT molecular complexity index is 400. The van der Waals surface area contributed by atoms with Crippen LogP contribution in [0.3, 0.4) is 0 Å².